The second kappa shape index (κ2) is 27.4. The fraction of sp³-hybridized carbons (Fsp3) is 0.627. The molecule has 3 rings (SSSR count). The minimum absolute atomic E-state index is 0.0196. The molecule has 2 aromatic carbocycles. The Bertz CT molecular complexity index is 1950. The van der Waals surface area contributed by atoms with E-state index in [9.17, 15) is 33.6 Å². The van der Waals surface area contributed by atoms with E-state index in [1.807, 2.05) is 88.4 Å². The number of hydrogen-bond acceptors (Lipinski definition) is 11. The van der Waals surface area contributed by atoms with Gasteiger partial charge in [0.1, 0.15) is 30.8 Å². The van der Waals surface area contributed by atoms with E-state index in [1.165, 1.54) is 40.2 Å². The topological polar surface area (TPSA) is 202 Å². The van der Waals surface area contributed by atoms with Crippen LogP contribution in [0.2, 0.25) is 0 Å². The normalized spacial score (nSPS) is 17.6. The first-order valence-corrected chi connectivity index (χ1v) is 23.8. The molecular formula is C51H78N6O11. The second-order valence-electron chi connectivity index (χ2n) is 18.7. The Hall–Kier alpha value is -5.55. The van der Waals surface area contributed by atoms with Crippen molar-refractivity contribution < 1.29 is 52.5 Å². The molecule has 1 aliphatic heterocycles. The number of methoxy groups -OCH3 is 3. The predicted molar refractivity (Wildman–Crippen MR) is 258 cm³/mol. The van der Waals surface area contributed by atoms with E-state index in [0.29, 0.717) is 25.8 Å². The molecule has 1 fully saturated rings. The third-order valence-electron chi connectivity index (χ3n) is 13.2. The number of hydrogen-bond donors (Lipinski definition) is 3. The lowest BCUT2D eigenvalue weighted by atomic mass is 9.89. The van der Waals surface area contributed by atoms with E-state index in [4.69, 9.17) is 18.9 Å². The van der Waals surface area contributed by atoms with Crippen molar-refractivity contribution in [3.8, 4) is 0 Å². The fourth-order valence-corrected chi connectivity index (χ4v) is 9.14. The smallest absolute Gasteiger partial charge is 0.408 e. The molecule has 1 heterocycles. The molecule has 0 aromatic heterocycles. The Morgan fingerprint density at radius 2 is 1.34 bits per heavy atom. The summed E-state index contributed by atoms with van der Waals surface area (Å²) in [7, 11) is 7.42. The van der Waals surface area contributed by atoms with Gasteiger partial charge in [-0.2, -0.15) is 0 Å². The van der Waals surface area contributed by atoms with E-state index >= 15 is 0 Å². The average Bonchev–Trinajstić information content (AvgIpc) is 3.81. The molecule has 0 aliphatic carbocycles. The minimum atomic E-state index is -1.02. The van der Waals surface area contributed by atoms with Gasteiger partial charge in [0.2, 0.25) is 29.5 Å². The van der Waals surface area contributed by atoms with E-state index in [1.54, 1.807) is 37.6 Å². The maximum atomic E-state index is 14.6. The molecule has 68 heavy (non-hydrogen) atoms. The van der Waals surface area contributed by atoms with Gasteiger partial charge < -0.3 is 49.6 Å². The molecule has 0 bridgehead atoms. The van der Waals surface area contributed by atoms with Gasteiger partial charge in [-0.3, -0.25) is 24.0 Å². The Kier molecular flexibility index (Phi) is 22.9. The third-order valence-corrected chi connectivity index (χ3v) is 13.2. The van der Waals surface area contributed by atoms with Crippen LogP contribution in [-0.4, -0.2) is 147 Å². The van der Waals surface area contributed by atoms with Gasteiger partial charge in [-0.25, -0.2) is 9.59 Å². The van der Waals surface area contributed by atoms with E-state index in [0.717, 1.165) is 11.1 Å². The first-order valence-electron chi connectivity index (χ1n) is 23.8. The van der Waals surface area contributed by atoms with Crippen LogP contribution in [0.1, 0.15) is 92.2 Å². The van der Waals surface area contributed by atoms with Crippen molar-refractivity contribution in [2.45, 2.75) is 143 Å². The number of alkyl carbamates (subject to hydrolysis) is 1. The Morgan fingerprint density at radius 3 is 1.87 bits per heavy atom. The van der Waals surface area contributed by atoms with Crippen molar-refractivity contribution in [1.29, 1.82) is 0 Å². The van der Waals surface area contributed by atoms with Crippen LogP contribution in [0.15, 0.2) is 60.7 Å². The van der Waals surface area contributed by atoms with Crippen molar-refractivity contribution in [3.63, 3.8) is 0 Å². The molecule has 17 heteroatoms. The van der Waals surface area contributed by atoms with Crippen LogP contribution >= 0.6 is 0 Å². The highest BCUT2D eigenvalue weighted by molar-refractivity contribution is 5.94. The van der Waals surface area contributed by atoms with Gasteiger partial charge in [0.05, 0.1) is 43.7 Å². The molecular weight excluding hydrogens is 873 g/mol. The zero-order valence-electron chi connectivity index (χ0n) is 42.5. The molecule has 1 saturated heterocycles. The molecule has 1 aliphatic rings. The van der Waals surface area contributed by atoms with Gasteiger partial charge in [-0.15, -0.1) is 0 Å². The number of likely N-dealkylation sites (tertiary alicyclic amines) is 1. The molecule has 378 valence electrons. The number of carbonyl (C=O) groups excluding carboxylic acids is 7. The summed E-state index contributed by atoms with van der Waals surface area (Å²) < 4.78 is 22.3. The highest BCUT2D eigenvalue weighted by atomic mass is 16.5. The summed E-state index contributed by atoms with van der Waals surface area (Å²) in [6, 6.07) is 13.4. The molecule has 10 atom stereocenters. The molecule has 0 spiro atoms. The maximum Gasteiger partial charge on any atom is 0.408 e. The van der Waals surface area contributed by atoms with Crippen molar-refractivity contribution >= 4 is 41.6 Å². The lowest BCUT2D eigenvalue weighted by Crippen LogP contribution is -2.61. The number of nitrogens with one attached hydrogen (secondary N) is 3. The monoisotopic (exact) mass is 951 g/mol. The summed E-state index contributed by atoms with van der Waals surface area (Å²) >= 11 is 0. The van der Waals surface area contributed by atoms with Crippen molar-refractivity contribution in [3.05, 3.63) is 71.8 Å². The summed E-state index contributed by atoms with van der Waals surface area (Å²) in [5.41, 5.74) is 1.63. The van der Waals surface area contributed by atoms with Gasteiger partial charge in [0.25, 0.3) is 0 Å². The zero-order chi connectivity index (χ0) is 50.8. The van der Waals surface area contributed by atoms with E-state index < -0.39 is 90.1 Å². The summed E-state index contributed by atoms with van der Waals surface area (Å²) in [5.74, 6) is -4.32. The first kappa shape index (κ1) is 56.8. The molecule has 0 saturated carbocycles. The summed E-state index contributed by atoms with van der Waals surface area (Å²) in [6.07, 6.45) is -0.171. The number of amides is 6. The molecule has 6 amide bonds. The number of likely N-dealkylation sites (N-methyl/N-ethyl adjacent to an activating group) is 2. The fourth-order valence-electron chi connectivity index (χ4n) is 9.14. The van der Waals surface area contributed by atoms with Crippen LogP contribution in [0.4, 0.5) is 4.79 Å². The average molecular weight is 951 g/mol. The van der Waals surface area contributed by atoms with Gasteiger partial charge in [0, 0.05) is 41.3 Å². The maximum absolute atomic E-state index is 14.6. The van der Waals surface area contributed by atoms with Gasteiger partial charge >= 0.3 is 12.1 Å². The molecule has 17 nitrogen and oxygen atoms in total. The quantitative estimate of drug-likeness (QED) is 0.116. The third kappa shape index (κ3) is 15.5. The van der Waals surface area contributed by atoms with Gasteiger partial charge in [0.15, 0.2) is 0 Å². The number of esters is 1. The molecule has 3 N–H and O–H groups in total. The number of carbonyl (C=O) groups is 7. The summed E-state index contributed by atoms with van der Waals surface area (Å²) in [4.78, 5) is 101. The number of benzene rings is 2. The summed E-state index contributed by atoms with van der Waals surface area (Å²) in [6.45, 7) is 14.9. The van der Waals surface area contributed by atoms with Crippen LogP contribution in [0, 0.1) is 23.7 Å². The van der Waals surface area contributed by atoms with Crippen LogP contribution in [0.5, 0.6) is 0 Å². The number of rotatable bonds is 25. The Labute approximate surface area is 403 Å². The predicted octanol–water partition coefficient (Wildman–Crippen LogP) is 4.75. The molecule has 2 aromatic rings. The highest BCUT2D eigenvalue weighted by Crippen LogP contribution is 2.30. The zero-order valence-corrected chi connectivity index (χ0v) is 42.5. The minimum Gasteiger partial charge on any atom is -0.467 e. The van der Waals surface area contributed by atoms with Crippen LogP contribution in [0.25, 0.3) is 0 Å². The van der Waals surface area contributed by atoms with Crippen LogP contribution < -0.4 is 16.0 Å². The standard InChI is InChI=1S/C51H78N6O11/c1-14-33(6)44(40(65-11)29-41(58)57-27-21-26-39(57)45(66-12)34(7)46(59)53-38(50(63)67-13)28-36-22-17-15-18-23-36)56(10)49(62)42(31(2)3)54-47(60)43(32(4)5)55(9)48(61)35(8)52-51(64)68-30-37-24-19-16-20-25-37/h15-20,22-25,31-35,38-40,42-45H,14,21,26-30H2,1-13H3,(H,52,64)(H,53,59)(H,54,60)/t33-,34+,35-,38-,39-,40+,42-,43-,44-,45+/m0/s1. The highest BCUT2D eigenvalue weighted by Gasteiger charge is 2.44. The van der Waals surface area contributed by atoms with Crippen molar-refractivity contribution in [2.75, 3.05) is 42.0 Å². The van der Waals surface area contributed by atoms with E-state index in [-0.39, 0.29) is 43.1 Å². The van der Waals surface area contributed by atoms with Gasteiger partial charge in [-0.05, 0) is 48.6 Å². The first-order chi connectivity index (χ1) is 32.2. The Balaban J connectivity index is 1.76. The van der Waals surface area contributed by atoms with E-state index in [2.05, 4.69) is 16.0 Å². The molecule has 0 unspecified atom stereocenters. The second-order valence-corrected chi connectivity index (χ2v) is 18.7. The van der Waals surface area contributed by atoms with Crippen LogP contribution in [0.3, 0.4) is 0 Å². The van der Waals surface area contributed by atoms with Gasteiger partial charge in [-0.1, -0.05) is 116 Å². The molecule has 0 radical (unpaired) electrons. The Morgan fingerprint density at radius 1 is 0.735 bits per heavy atom. The van der Waals surface area contributed by atoms with Crippen molar-refractivity contribution in [2.24, 2.45) is 23.7 Å². The lowest BCUT2D eigenvalue weighted by Gasteiger charge is -2.41. The number of nitrogens with zero attached hydrogens (tertiary/aromatic N) is 3. The largest absolute Gasteiger partial charge is 0.467 e. The van der Waals surface area contributed by atoms with Crippen LogP contribution in [-0.2, 0) is 60.7 Å². The SMILES string of the molecule is CC[C@H](C)[C@@H]([C@@H](CC(=O)N1CCC[C@H]1[C@H](OC)[C@@H](C)C(=O)N[C@@H](Cc1ccccc1)C(=O)OC)OC)N(C)C(=O)[C@@H](NC(=O)[C@H](C(C)C)N(C)C(=O)[C@H](C)NC(=O)OCc1ccccc1)C(C)C. The summed E-state index contributed by atoms with van der Waals surface area (Å²) in [5, 5.41) is 8.34. The number of ether oxygens (including phenoxy) is 4. The van der Waals surface area contributed by atoms with Crippen molar-refractivity contribution in [1.82, 2.24) is 30.7 Å². The lowest BCUT2D eigenvalue weighted by molar-refractivity contribution is -0.149.